The highest BCUT2D eigenvalue weighted by Gasteiger charge is 2.32. The molecule has 1 amide bonds. The first kappa shape index (κ1) is 15.9. The van der Waals surface area contributed by atoms with E-state index in [1.807, 2.05) is 19.0 Å². The van der Waals surface area contributed by atoms with Crippen molar-refractivity contribution in [3.63, 3.8) is 0 Å². The van der Waals surface area contributed by atoms with Crippen molar-refractivity contribution in [3.8, 4) is 0 Å². The van der Waals surface area contributed by atoms with E-state index >= 15 is 0 Å². The number of anilines is 1. The van der Waals surface area contributed by atoms with E-state index in [0.29, 0.717) is 5.56 Å². The van der Waals surface area contributed by atoms with Crippen LogP contribution in [-0.2, 0) is 4.79 Å². The van der Waals surface area contributed by atoms with Gasteiger partial charge in [-0.2, -0.15) is 0 Å². The van der Waals surface area contributed by atoms with Gasteiger partial charge in [-0.15, -0.1) is 0 Å². The van der Waals surface area contributed by atoms with Crippen molar-refractivity contribution in [2.24, 2.45) is 5.41 Å². The van der Waals surface area contributed by atoms with Gasteiger partial charge in [-0.1, -0.05) is 20.8 Å². The molecule has 0 saturated heterocycles. The van der Waals surface area contributed by atoms with Gasteiger partial charge in [0, 0.05) is 20.3 Å². The number of nitrogens with zero attached hydrogens (tertiary/aromatic N) is 2. The predicted molar refractivity (Wildman–Crippen MR) is 76.9 cm³/mol. The van der Waals surface area contributed by atoms with E-state index in [-0.39, 0.29) is 0 Å². The molecule has 1 rings (SSSR count). The van der Waals surface area contributed by atoms with Crippen molar-refractivity contribution in [1.82, 2.24) is 10.3 Å². The van der Waals surface area contributed by atoms with E-state index in [9.17, 15) is 14.7 Å². The fraction of sp³-hybridized carbons (Fsp3) is 0.500. The lowest BCUT2D eigenvalue weighted by molar-refractivity contribution is -0.142. The number of aromatic nitrogens is 1. The zero-order valence-corrected chi connectivity index (χ0v) is 12.5. The molecule has 0 saturated carbocycles. The molecule has 0 aliphatic rings. The Labute approximate surface area is 118 Å². The Bertz CT molecular complexity index is 489. The van der Waals surface area contributed by atoms with E-state index in [0.717, 1.165) is 5.82 Å². The number of carbonyl (C=O) groups is 2. The van der Waals surface area contributed by atoms with Gasteiger partial charge in [-0.3, -0.25) is 4.79 Å². The number of amides is 1. The summed E-state index contributed by atoms with van der Waals surface area (Å²) in [6.07, 6.45) is 1.44. The molecular formula is C14H21N3O3. The molecule has 0 spiro atoms. The second kappa shape index (κ2) is 5.90. The van der Waals surface area contributed by atoms with Gasteiger partial charge in [-0.25, -0.2) is 9.78 Å². The van der Waals surface area contributed by atoms with Gasteiger partial charge >= 0.3 is 5.97 Å². The van der Waals surface area contributed by atoms with Crippen LogP contribution in [0.1, 0.15) is 31.1 Å². The number of aliphatic carboxylic acids is 1. The number of carboxylic acids is 1. The summed E-state index contributed by atoms with van der Waals surface area (Å²) in [6, 6.07) is 2.38. The van der Waals surface area contributed by atoms with Crippen LogP contribution in [0.3, 0.4) is 0 Å². The highest BCUT2D eigenvalue weighted by Crippen LogP contribution is 2.20. The number of hydrogen-bond acceptors (Lipinski definition) is 4. The molecule has 0 radical (unpaired) electrons. The SMILES string of the molecule is CN(C)c1ccc(C(=O)N[C@H](C(=O)O)C(C)(C)C)cn1. The first-order chi connectivity index (χ1) is 9.12. The van der Waals surface area contributed by atoms with E-state index in [2.05, 4.69) is 10.3 Å². The van der Waals surface area contributed by atoms with Gasteiger partial charge in [0.05, 0.1) is 5.56 Å². The fourth-order valence-electron chi connectivity index (χ4n) is 1.65. The first-order valence-electron chi connectivity index (χ1n) is 6.30. The Morgan fingerprint density at radius 3 is 2.25 bits per heavy atom. The van der Waals surface area contributed by atoms with Crippen LogP contribution < -0.4 is 10.2 Å². The summed E-state index contributed by atoms with van der Waals surface area (Å²) in [4.78, 5) is 29.2. The monoisotopic (exact) mass is 279 g/mol. The standard InChI is InChI=1S/C14H21N3O3/c1-14(2,3)11(13(19)20)16-12(18)9-6-7-10(15-8-9)17(4)5/h6-8,11H,1-5H3,(H,16,18)(H,19,20)/t11-/m1/s1. The van der Waals surface area contributed by atoms with Crippen LogP contribution in [0, 0.1) is 5.41 Å². The third kappa shape index (κ3) is 3.94. The van der Waals surface area contributed by atoms with E-state index in [4.69, 9.17) is 0 Å². The van der Waals surface area contributed by atoms with Gasteiger partial charge in [0.25, 0.3) is 5.91 Å². The lowest BCUT2D eigenvalue weighted by atomic mass is 9.86. The predicted octanol–water partition coefficient (Wildman–Crippen LogP) is 1.38. The molecule has 2 N–H and O–H groups in total. The molecule has 1 aromatic heterocycles. The minimum atomic E-state index is -1.05. The summed E-state index contributed by atoms with van der Waals surface area (Å²) in [6.45, 7) is 5.29. The average Bonchev–Trinajstić information content (AvgIpc) is 2.33. The zero-order valence-electron chi connectivity index (χ0n) is 12.5. The number of hydrogen-bond donors (Lipinski definition) is 2. The first-order valence-corrected chi connectivity index (χ1v) is 6.30. The fourth-order valence-corrected chi connectivity index (χ4v) is 1.65. The van der Waals surface area contributed by atoms with Crippen LogP contribution in [0.2, 0.25) is 0 Å². The summed E-state index contributed by atoms with van der Waals surface area (Å²) in [7, 11) is 3.70. The molecule has 1 heterocycles. The number of carboxylic acid groups (broad SMARTS) is 1. The van der Waals surface area contributed by atoms with Gasteiger partial charge in [0.15, 0.2) is 0 Å². The lowest BCUT2D eigenvalue weighted by Gasteiger charge is -2.27. The van der Waals surface area contributed by atoms with Crippen molar-refractivity contribution in [1.29, 1.82) is 0 Å². The van der Waals surface area contributed by atoms with Crippen LogP contribution in [0.5, 0.6) is 0 Å². The Morgan fingerprint density at radius 2 is 1.90 bits per heavy atom. The largest absolute Gasteiger partial charge is 0.480 e. The molecule has 110 valence electrons. The summed E-state index contributed by atoms with van der Waals surface area (Å²) >= 11 is 0. The smallest absolute Gasteiger partial charge is 0.326 e. The Balaban J connectivity index is 2.87. The van der Waals surface area contributed by atoms with Gasteiger partial charge in [0.2, 0.25) is 0 Å². The topological polar surface area (TPSA) is 82.5 Å². The minimum absolute atomic E-state index is 0.339. The van der Waals surface area contributed by atoms with Crippen molar-refractivity contribution in [2.75, 3.05) is 19.0 Å². The lowest BCUT2D eigenvalue weighted by Crippen LogP contribution is -2.49. The highest BCUT2D eigenvalue weighted by atomic mass is 16.4. The number of rotatable bonds is 4. The molecular weight excluding hydrogens is 258 g/mol. The molecule has 20 heavy (non-hydrogen) atoms. The van der Waals surface area contributed by atoms with Crippen LogP contribution in [0.15, 0.2) is 18.3 Å². The van der Waals surface area contributed by atoms with E-state index < -0.39 is 23.3 Å². The second-order valence-electron chi connectivity index (χ2n) is 5.91. The molecule has 0 aromatic carbocycles. The number of carbonyl (C=O) groups excluding carboxylic acids is 1. The molecule has 0 bridgehead atoms. The maximum Gasteiger partial charge on any atom is 0.326 e. The molecule has 1 atom stereocenters. The second-order valence-corrected chi connectivity index (χ2v) is 5.91. The van der Waals surface area contributed by atoms with Crippen LogP contribution in [0.4, 0.5) is 5.82 Å². The Kier molecular flexibility index (Phi) is 4.70. The molecule has 0 unspecified atom stereocenters. The molecule has 0 aliphatic heterocycles. The average molecular weight is 279 g/mol. The van der Waals surface area contributed by atoms with Crippen LogP contribution >= 0.6 is 0 Å². The maximum absolute atomic E-state index is 12.1. The summed E-state index contributed by atoms with van der Waals surface area (Å²) in [5.41, 5.74) is -0.232. The maximum atomic E-state index is 12.1. The minimum Gasteiger partial charge on any atom is -0.480 e. The summed E-state index contributed by atoms with van der Waals surface area (Å²) in [5, 5.41) is 11.7. The van der Waals surface area contributed by atoms with E-state index in [1.165, 1.54) is 6.20 Å². The molecule has 0 fully saturated rings. The summed E-state index contributed by atoms with van der Waals surface area (Å²) < 4.78 is 0. The molecule has 1 aromatic rings. The highest BCUT2D eigenvalue weighted by molar-refractivity contribution is 5.96. The van der Waals surface area contributed by atoms with E-state index in [1.54, 1.807) is 32.9 Å². The third-order valence-corrected chi connectivity index (χ3v) is 2.86. The van der Waals surface area contributed by atoms with Crippen molar-refractivity contribution in [2.45, 2.75) is 26.8 Å². The van der Waals surface area contributed by atoms with Gasteiger partial charge in [0.1, 0.15) is 11.9 Å². The zero-order chi connectivity index (χ0) is 15.5. The van der Waals surface area contributed by atoms with Gasteiger partial charge in [-0.05, 0) is 17.5 Å². The Hall–Kier alpha value is -2.11. The molecule has 6 nitrogen and oxygen atoms in total. The molecule has 6 heteroatoms. The quantitative estimate of drug-likeness (QED) is 0.870. The van der Waals surface area contributed by atoms with Crippen molar-refractivity contribution < 1.29 is 14.7 Å². The van der Waals surface area contributed by atoms with Crippen molar-refractivity contribution in [3.05, 3.63) is 23.9 Å². The summed E-state index contributed by atoms with van der Waals surface area (Å²) in [5.74, 6) is -0.763. The van der Waals surface area contributed by atoms with Gasteiger partial charge < -0.3 is 15.3 Å². The third-order valence-electron chi connectivity index (χ3n) is 2.86. The number of pyridine rings is 1. The van der Waals surface area contributed by atoms with Crippen LogP contribution in [-0.4, -0.2) is 42.1 Å². The molecule has 0 aliphatic carbocycles. The Morgan fingerprint density at radius 1 is 1.30 bits per heavy atom. The van der Waals surface area contributed by atoms with Crippen molar-refractivity contribution >= 4 is 17.7 Å². The number of nitrogens with one attached hydrogen (secondary N) is 1. The normalized spacial score (nSPS) is 12.7. The van der Waals surface area contributed by atoms with Crippen LogP contribution in [0.25, 0.3) is 0 Å².